The third kappa shape index (κ3) is 9.28. The van der Waals surface area contributed by atoms with Gasteiger partial charge < -0.3 is 24.8 Å². The minimum atomic E-state index is -0.204. The number of nitrogens with one attached hydrogen (secondary N) is 1. The summed E-state index contributed by atoms with van der Waals surface area (Å²) in [5.41, 5.74) is 2.64. The van der Waals surface area contributed by atoms with E-state index in [1.807, 2.05) is 56.2 Å². The first-order valence-electron chi connectivity index (χ1n) is 9.94. The molecule has 0 bridgehead atoms. The lowest BCUT2D eigenvalue weighted by Crippen LogP contribution is -2.38. The number of rotatable bonds is 10. The van der Waals surface area contributed by atoms with Crippen LogP contribution in [-0.4, -0.2) is 76.6 Å². The molecule has 29 heavy (non-hydrogen) atoms. The molecular weight excluding hydrogens is 368 g/mol. The van der Waals surface area contributed by atoms with Gasteiger partial charge in [0.05, 0.1) is 0 Å². The molecule has 0 aliphatic rings. The average molecular weight is 407 g/mol. The summed E-state index contributed by atoms with van der Waals surface area (Å²) in [6, 6.07) is 5.78. The summed E-state index contributed by atoms with van der Waals surface area (Å²) in [5.74, 6) is -0.0674. The molecule has 0 heterocycles. The van der Waals surface area contributed by atoms with Crippen molar-refractivity contribution in [3.8, 4) is 0 Å². The molecule has 1 aromatic carbocycles. The largest absolute Gasteiger partial charge is 0.377 e. The third-order valence-corrected chi connectivity index (χ3v) is 4.33. The van der Waals surface area contributed by atoms with Crippen LogP contribution in [0.3, 0.4) is 0 Å². The van der Waals surface area contributed by atoms with Crippen molar-refractivity contribution in [2.24, 2.45) is 5.41 Å². The second-order valence-corrected chi connectivity index (χ2v) is 9.08. The van der Waals surface area contributed by atoms with Crippen LogP contribution in [0.4, 0.5) is 11.4 Å². The predicted octanol–water partition coefficient (Wildman–Crippen LogP) is 2.66. The lowest BCUT2D eigenvalue weighted by molar-refractivity contribution is -0.133. The summed E-state index contributed by atoms with van der Waals surface area (Å²) < 4.78 is 4.89. The Morgan fingerprint density at radius 1 is 1.07 bits per heavy atom. The molecule has 7 nitrogen and oxygen atoms in total. The number of amides is 2. The number of hydrogen-bond donors (Lipinski definition) is 1. The van der Waals surface area contributed by atoms with Crippen LogP contribution < -0.4 is 10.2 Å². The lowest BCUT2D eigenvalue weighted by atomic mass is 9.91. The summed E-state index contributed by atoms with van der Waals surface area (Å²) in [5, 5.41) is 2.85. The van der Waals surface area contributed by atoms with Crippen LogP contribution in [0.5, 0.6) is 0 Å². The molecule has 1 rings (SSSR count). The van der Waals surface area contributed by atoms with Gasteiger partial charge in [-0.2, -0.15) is 0 Å². The van der Waals surface area contributed by atoms with E-state index in [1.165, 1.54) is 7.11 Å². The summed E-state index contributed by atoms with van der Waals surface area (Å²) in [6.45, 7) is 8.16. The Labute approximate surface area is 176 Å². The number of ether oxygens (including phenoxy) is 1. The molecule has 2 amide bonds. The van der Waals surface area contributed by atoms with E-state index in [1.54, 1.807) is 0 Å². The second-order valence-electron chi connectivity index (χ2n) is 9.08. The fourth-order valence-electron chi connectivity index (χ4n) is 2.94. The Morgan fingerprint density at radius 2 is 1.72 bits per heavy atom. The van der Waals surface area contributed by atoms with Gasteiger partial charge in [0.15, 0.2) is 0 Å². The van der Waals surface area contributed by atoms with Gasteiger partial charge in [-0.25, -0.2) is 0 Å². The first-order chi connectivity index (χ1) is 13.4. The lowest BCUT2D eigenvalue weighted by Gasteiger charge is -2.29. The Balaban J connectivity index is 3.15. The van der Waals surface area contributed by atoms with Gasteiger partial charge >= 0.3 is 0 Å². The van der Waals surface area contributed by atoms with Gasteiger partial charge in [-0.1, -0.05) is 20.8 Å². The van der Waals surface area contributed by atoms with Gasteiger partial charge in [0, 0.05) is 58.6 Å². The quantitative estimate of drug-likeness (QED) is 0.647. The van der Waals surface area contributed by atoms with Crippen molar-refractivity contribution >= 4 is 23.2 Å². The molecule has 0 aliphatic heterocycles. The zero-order valence-electron chi connectivity index (χ0n) is 19.3. The van der Waals surface area contributed by atoms with Crippen molar-refractivity contribution < 1.29 is 14.3 Å². The number of anilines is 2. The zero-order chi connectivity index (χ0) is 22.2. The van der Waals surface area contributed by atoms with E-state index in [2.05, 4.69) is 31.0 Å². The average Bonchev–Trinajstić information content (AvgIpc) is 2.56. The van der Waals surface area contributed by atoms with Crippen LogP contribution in [0.25, 0.3) is 0 Å². The maximum Gasteiger partial charge on any atom is 0.250 e. The Bertz CT molecular complexity index is 681. The highest BCUT2D eigenvalue weighted by Gasteiger charge is 2.22. The van der Waals surface area contributed by atoms with Gasteiger partial charge in [0.1, 0.15) is 6.61 Å². The highest BCUT2D eigenvalue weighted by Crippen LogP contribution is 2.26. The van der Waals surface area contributed by atoms with E-state index >= 15 is 0 Å². The van der Waals surface area contributed by atoms with Crippen LogP contribution in [0.15, 0.2) is 18.2 Å². The molecule has 0 aliphatic carbocycles. The Hall–Kier alpha value is -2.12. The van der Waals surface area contributed by atoms with Gasteiger partial charge in [0.25, 0.3) is 0 Å². The number of carbonyl (C=O) groups excluding carboxylic acids is 2. The van der Waals surface area contributed by atoms with E-state index in [9.17, 15) is 9.59 Å². The number of carbonyl (C=O) groups is 2. The topological polar surface area (TPSA) is 65.1 Å². The predicted molar refractivity (Wildman–Crippen MR) is 119 cm³/mol. The summed E-state index contributed by atoms with van der Waals surface area (Å²) in [7, 11) is 9.45. The smallest absolute Gasteiger partial charge is 0.250 e. The minimum Gasteiger partial charge on any atom is -0.377 e. The Morgan fingerprint density at radius 3 is 2.24 bits per heavy atom. The summed E-state index contributed by atoms with van der Waals surface area (Å²) >= 11 is 0. The fraction of sp³-hybridized carbons (Fsp3) is 0.636. The highest BCUT2D eigenvalue weighted by molar-refractivity contribution is 5.92. The molecule has 0 unspecified atom stereocenters. The monoisotopic (exact) mass is 406 g/mol. The molecule has 1 N–H and O–H groups in total. The van der Waals surface area contributed by atoms with Crippen LogP contribution >= 0.6 is 0 Å². The normalized spacial score (nSPS) is 11.5. The highest BCUT2D eigenvalue weighted by atomic mass is 16.5. The molecule has 0 aromatic heterocycles. The maximum atomic E-state index is 13.0. The number of likely N-dealkylation sites (N-methyl/N-ethyl adjacent to an activating group) is 1. The minimum absolute atomic E-state index is 0.00376. The van der Waals surface area contributed by atoms with Crippen LogP contribution in [0, 0.1) is 5.41 Å². The molecule has 0 spiro atoms. The molecule has 0 atom stereocenters. The molecule has 7 heteroatoms. The van der Waals surface area contributed by atoms with E-state index in [0.717, 1.165) is 17.8 Å². The van der Waals surface area contributed by atoms with Crippen molar-refractivity contribution in [1.29, 1.82) is 0 Å². The van der Waals surface area contributed by atoms with Gasteiger partial charge in [0.2, 0.25) is 11.8 Å². The second kappa shape index (κ2) is 11.2. The van der Waals surface area contributed by atoms with E-state index in [0.29, 0.717) is 25.2 Å². The Kier molecular flexibility index (Phi) is 9.59. The SMILES string of the molecule is COCC(=O)Nc1ccc(N(C)C)c(CN(CCN(C)C)C(=O)CC(C)(C)C)c1. The van der Waals surface area contributed by atoms with Crippen LogP contribution in [-0.2, 0) is 20.9 Å². The molecule has 164 valence electrons. The molecular formula is C22H38N4O3. The summed E-state index contributed by atoms with van der Waals surface area (Å²) in [4.78, 5) is 30.9. The van der Waals surface area contributed by atoms with E-state index in [4.69, 9.17) is 4.74 Å². The number of methoxy groups -OCH3 is 1. The number of hydrogen-bond acceptors (Lipinski definition) is 5. The molecule has 0 saturated heterocycles. The van der Waals surface area contributed by atoms with E-state index in [-0.39, 0.29) is 23.8 Å². The molecule has 0 fully saturated rings. The zero-order valence-corrected chi connectivity index (χ0v) is 19.3. The fourth-order valence-corrected chi connectivity index (χ4v) is 2.94. The molecule has 0 saturated carbocycles. The molecule has 0 radical (unpaired) electrons. The van der Waals surface area contributed by atoms with Gasteiger partial charge in [-0.3, -0.25) is 9.59 Å². The van der Waals surface area contributed by atoms with Crippen molar-refractivity contribution in [3.05, 3.63) is 23.8 Å². The van der Waals surface area contributed by atoms with Crippen molar-refractivity contribution in [3.63, 3.8) is 0 Å². The van der Waals surface area contributed by atoms with Crippen LogP contribution in [0.1, 0.15) is 32.8 Å². The maximum absolute atomic E-state index is 13.0. The van der Waals surface area contributed by atoms with Gasteiger partial charge in [-0.15, -0.1) is 0 Å². The first kappa shape index (κ1) is 24.9. The van der Waals surface area contributed by atoms with Crippen LogP contribution in [0.2, 0.25) is 0 Å². The molecule has 1 aromatic rings. The number of nitrogens with zero attached hydrogens (tertiary/aromatic N) is 3. The van der Waals surface area contributed by atoms with Crippen molar-refractivity contribution in [1.82, 2.24) is 9.80 Å². The number of benzene rings is 1. The summed E-state index contributed by atoms with van der Waals surface area (Å²) in [6.07, 6.45) is 0.488. The first-order valence-corrected chi connectivity index (χ1v) is 9.94. The third-order valence-electron chi connectivity index (χ3n) is 4.33. The van der Waals surface area contributed by atoms with Gasteiger partial charge in [-0.05, 0) is 43.3 Å². The van der Waals surface area contributed by atoms with E-state index < -0.39 is 0 Å². The van der Waals surface area contributed by atoms with Crippen molar-refractivity contribution in [2.75, 3.05) is 65.2 Å². The standard InChI is InChI=1S/C22H38N4O3/c1-22(2,3)14-21(28)26(12-11-24(4)5)15-17-13-18(23-20(27)16-29-8)9-10-19(17)25(6)7/h9-10,13H,11-12,14-16H2,1-8H3,(H,23,27). The van der Waals surface area contributed by atoms with Crippen molar-refractivity contribution in [2.45, 2.75) is 33.7 Å².